The first kappa shape index (κ1) is 8.87. The molecular formula is C7H14F2N2. The van der Waals surface area contributed by atoms with E-state index in [1.165, 1.54) is 0 Å². The maximum absolute atomic E-state index is 12.6. The zero-order valence-electron chi connectivity index (χ0n) is 6.69. The standard InChI is InChI=1S/C7H14F2N2/c1-11(6-2-3-6)5-7(8,9)4-10/h6H,2-5,10H2,1H3. The summed E-state index contributed by atoms with van der Waals surface area (Å²) in [5.41, 5.74) is 4.90. The molecule has 11 heavy (non-hydrogen) atoms. The molecule has 1 saturated carbocycles. The van der Waals surface area contributed by atoms with E-state index >= 15 is 0 Å². The molecule has 1 aliphatic carbocycles. The van der Waals surface area contributed by atoms with E-state index in [1.54, 1.807) is 11.9 Å². The largest absolute Gasteiger partial charge is 0.325 e. The van der Waals surface area contributed by atoms with Crippen LogP contribution in [0.25, 0.3) is 0 Å². The Balaban J connectivity index is 2.27. The van der Waals surface area contributed by atoms with Gasteiger partial charge in [-0.3, -0.25) is 4.90 Å². The summed E-state index contributed by atoms with van der Waals surface area (Å²) in [5, 5.41) is 0. The first-order valence-corrected chi connectivity index (χ1v) is 3.83. The van der Waals surface area contributed by atoms with Crippen LogP contribution < -0.4 is 5.73 Å². The molecule has 4 heteroatoms. The Kier molecular flexibility index (Phi) is 2.44. The van der Waals surface area contributed by atoms with Crippen LogP contribution >= 0.6 is 0 Å². The number of hydrogen-bond acceptors (Lipinski definition) is 2. The third-order valence-corrected chi connectivity index (χ3v) is 1.95. The first-order chi connectivity index (χ1) is 5.05. The minimum atomic E-state index is -2.71. The van der Waals surface area contributed by atoms with E-state index in [4.69, 9.17) is 5.73 Å². The second-order valence-electron chi connectivity index (χ2n) is 3.21. The van der Waals surface area contributed by atoms with Crippen LogP contribution in [0, 0.1) is 0 Å². The summed E-state index contributed by atoms with van der Waals surface area (Å²) in [4.78, 5) is 1.69. The predicted molar refractivity (Wildman–Crippen MR) is 39.7 cm³/mol. The van der Waals surface area contributed by atoms with Gasteiger partial charge in [-0.1, -0.05) is 0 Å². The summed E-state index contributed by atoms with van der Waals surface area (Å²) >= 11 is 0. The van der Waals surface area contributed by atoms with Crippen LogP contribution in [-0.4, -0.2) is 37.0 Å². The number of halogens is 2. The number of nitrogens with zero attached hydrogens (tertiary/aromatic N) is 1. The molecule has 66 valence electrons. The van der Waals surface area contributed by atoms with Gasteiger partial charge >= 0.3 is 0 Å². The van der Waals surface area contributed by atoms with Crippen molar-refractivity contribution < 1.29 is 8.78 Å². The normalized spacial score (nSPS) is 19.4. The van der Waals surface area contributed by atoms with Gasteiger partial charge in [0.25, 0.3) is 5.92 Å². The van der Waals surface area contributed by atoms with E-state index < -0.39 is 12.5 Å². The van der Waals surface area contributed by atoms with Crippen LogP contribution in [0.5, 0.6) is 0 Å². The van der Waals surface area contributed by atoms with Crippen LogP contribution in [-0.2, 0) is 0 Å². The minimum Gasteiger partial charge on any atom is -0.325 e. The predicted octanol–water partition coefficient (Wildman–Crippen LogP) is 0.675. The maximum Gasteiger partial charge on any atom is 0.272 e. The molecule has 2 N–H and O–H groups in total. The van der Waals surface area contributed by atoms with Gasteiger partial charge in [-0.2, -0.15) is 0 Å². The zero-order valence-corrected chi connectivity index (χ0v) is 6.69. The first-order valence-electron chi connectivity index (χ1n) is 3.83. The summed E-state index contributed by atoms with van der Waals surface area (Å²) < 4.78 is 25.2. The molecule has 0 heterocycles. The van der Waals surface area contributed by atoms with E-state index in [2.05, 4.69) is 0 Å². The molecule has 0 aliphatic heterocycles. The van der Waals surface area contributed by atoms with E-state index in [9.17, 15) is 8.78 Å². The number of nitrogens with two attached hydrogens (primary N) is 1. The molecule has 0 atom stereocenters. The highest BCUT2D eigenvalue weighted by Gasteiger charge is 2.34. The topological polar surface area (TPSA) is 29.3 Å². The fourth-order valence-corrected chi connectivity index (χ4v) is 1.07. The van der Waals surface area contributed by atoms with Gasteiger partial charge in [0.2, 0.25) is 0 Å². The zero-order chi connectivity index (χ0) is 8.48. The third kappa shape index (κ3) is 2.71. The molecule has 0 aromatic carbocycles. The van der Waals surface area contributed by atoms with Crippen molar-refractivity contribution in [3.63, 3.8) is 0 Å². The second-order valence-corrected chi connectivity index (χ2v) is 3.21. The SMILES string of the molecule is CN(CC(F)(F)CN)C1CC1. The Labute approximate surface area is 65.4 Å². The molecule has 0 unspecified atom stereocenters. The molecule has 1 aliphatic rings. The lowest BCUT2D eigenvalue weighted by Crippen LogP contribution is -2.40. The Morgan fingerprint density at radius 3 is 2.45 bits per heavy atom. The van der Waals surface area contributed by atoms with Crippen LogP contribution in [0.15, 0.2) is 0 Å². The van der Waals surface area contributed by atoms with Gasteiger partial charge in [-0.15, -0.1) is 0 Å². The molecule has 0 amide bonds. The minimum absolute atomic E-state index is 0.200. The van der Waals surface area contributed by atoms with Gasteiger partial charge in [-0.05, 0) is 19.9 Å². The summed E-state index contributed by atoms with van der Waals surface area (Å²) in [5.74, 6) is -2.71. The van der Waals surface area contributed by atoms with E-state index in [0.717, 1.165) is 12.8 Å². The monoisotopic (exact) mass is 164 g/mol. The molecular weight excluding hydrogens is 150 g/mol. The average molecular weight is 164 g/mol. The summed E-state index contributed by atoms with van der Waals surface area (Å²) in [7, 11) is 1.72. The van der Waals surface area contributed by atoms with Crippen molar-refractivity contribution in [3.8, 4) is 0 Å². The Morgan fingerprint density at radius 1 is 1.55 bits per heavy atom. The fraction of sp³-hybridized carbons (Fsp3) is 1.00. The van der Waals surface area contributed by atoms with E-state index in [-0.39, 0.29) is 6.54 Å². The molecule has 1 fully saturated rings. The van der Waals surface area contributed by atoms with Crippen molar-refractivity contribution in [2.75, 3.05) is 20.1 Å². The fourth-order valence-electron chi connectivity index (χ4n) is 1.07. The van der Waals surface area contributed by atoms with Crippen LogP contribution in [0.4, 0.5) is 8.78 Å². The highest BCUT2D eigenvalue weighted by molar-refractivity contribution is 4.85. The molecule has 0 bridgehead atoms. The van der Waals surface area contributed by atoms with Gasteiger partial charge < -0.3 is 5.73 Å². The molecule has 0 aromatic rings. The molecule has 0 aromatic heterocycles. The average Bonchev–Trinajstić information content (AvgIpc) is 2.67. The van der Waals surface area contributed by atoms with Crippen LogP contribution in [0.2, 0.25) is 0 Å². The van der Waals surface area contributed by atoms with Crippen molar-refractivity contribution in [2.45, 2.75) is 24.8 Å². The second kappa shape index (κ2) is 3.03. The molecule has 1 rings (SSSR count). The van der Waals surface area contributed by atoms with Crippen molar-refractivity contribution in [1.29, 1.82) is 0 Å². The van der Waals surface area contributed by atoms with Gasteiger partial charge in [0.1, 0.15) is 0 Å². The highest BCUT2D eigenvalue weighted by atomic mass is 19.3. The van der Waals surface area contributed by atoms with Gasteiger partial charge in [-0.25, -0.2) is 8.78 Å². The van der Waals surface area contributed by atoms with Crippen molar-refractivity contribution in [1.82, 2.24) is 4.90 Å². The third-order valence-electron chi connectivity index (χ3n) is 1.95. The Hall–Kier alpha value is -0.220. The van der Waals surface area contributed by atoms with Gasteiger partial charge in [0.05, 0.1) is 13.1 Å². The van der Waals surface area contributed by atoms with E-state index in [1.807, 2.05) is 0 Å². The lowest BCUT2D eigenvalue weighted by molar-refractivity contribution is -0.0192. The van der Waals surface area contributed by atoms with Crippen molar-refractivity contribution >= 4 is 0 Å². The smallest absolute Gasteiger partial charge is 0.272 e. The van der Waals surface area contributed by atoms with Crippen molar-refractivity contribution in [2.24, 2.45) is 5.73 Å². The molecule has 0 saturated heterocycles. The van der Waals surface area contributed by atoms with Crippen LogP contribution in [0.3, 0.4) is 0 Å². The molecule has 0 radical (unpaired) electrons. The maximum atomic E-state index is 12.6. The van der Waals surface area contributed by atoms with Crippen molar-refractivity contribution in [3.05, 3.63) is 0 Å². The van der Waals surface area contributed by atoms with Gasteiger partial charge in [0.15, 0.2) is 0 Å². The number of alkyl halides is 2. The summed E-state index contributed by atoms with van der Waals surface area (Å²) in [6.45, 7) is -0.752. The molecule has 0 spiro atoms. The Bertz CT molecular complexity index is 134. The Morgan fingerprint density at radius 2 is 2.09 bits per heavy atom. The van der Waals surface area contributed by atoms with Crippen LogP contribution in [0.1, 0.15) is 12.8 Å². The summed E-state index contributed by atoms with van der Waals surface area (Å²) in [6, 6.07) is 0.382. The summed E-state index contributed by atoms with van der Waals surface area (Å²) in [6.07, 6.45) is 2.11. The highest BCUT2D eigenvalue weighted by Crippen LogP contribution is 2.27. The van der Waals surface area contributed by atoms with Gasteiger partial charge in [0, 0.05) is 6.04 Å². The lowest BCUT2D eigenvalue weighted by Gasteiger charge is -2.21. The number of rotatable bonds is 4. The van der Waals surface area contributed by atoms with E-state index in [0.29, 0.717) is 6.04 Å². The number of hydrogen-bond donors (Lipinski definition) is 1. The molecule has 2 nitrogen and oxygen atoms in total. The quantitative estimate of drug-likeness (QED) is 0.662. The lowest BCUT2D eigenvalue weighted by atomic mass is 10.3.